The second-order valence-electron chi connectivity index (χ2n) is 5.61. The number of hydrogen-bond acceptors (Lipinski definition) is 4. The van der Waals surface area contributed by atoms with Gasteiger partial charge in [0.25, 0.3) is 0 Å². The number of nitrogens with one attached hydrogen (secondary N) is 1. The summed E-state index contributed by atoms with van der Waals surface area (Å²) in [6.45, 7) is 12.5. The van der Waals surface area contributed by atoms with Gasteiger partial charge in [-0.15, -0.1) is 11.3 Å². The summed E-state index contributed by atoms with van der Waals surface area (Å²) in [6.07, 6.45) is 1.91. The Bertz CT molecular complexity index is 346. The normalized spacial score (nSPS) is 23.2. The SMILES string of the molecule is CC(C)C1CNCCN1C(C)(C)c1nccs1. The molecule has 3 nitrogen and oxygen atoms in total. The van der Waals surface area contributed by atoms with Crippen LogP contribution in [0.15, 0.2) is 11.6 Å². The fourth-order valence-electron chi connectivity index (χ4n) is 2.66. The van der Waals surface area contributed by atoms with Crippen LogP contribution in [0.2, 0.25) is 0 Å². The number of nitrogens with zero attached hydrogens (tertiary/aromatic N) is 2. The summed E-state index contributed by atoms with van der Waals surface area (Å²) < 4.78 is 0. The summed E-state index contributed by atoms with van der Waals surface area (Å²) in [5, 5.41) is 6.80. The van der Waals surface area contributed by atoms with Crippen molar-refractivity contribution in [1.29, 1.82) is 0 Å². The average Bonchev–Trinajstić information content (AvgIpc) is 2.83. The summed E-state index contributed by atoms with van der Waals surface area (Å²) in [5.41, 5.74) is 0.0468. The Hall–Kier alpha value is -0.450. The zero-order valence-electron chi connectivity index (χ0n) is 11.2. The lowest BCUT2D eigenvalue weighted by molar-refractivity contribution is 0.0245. The highest BCUT2D eigenvalue weighted by atomic mass is 32.1. The van der Waals surface area contributed by atoms with Gasteiger partial charge < -0.3 is 5.32 Å². The van der Waals surface area contributed by atoms with Gasteiger partial charge in [0, 0.05) is 37.3 Å². The van der Waals surface area contributed by atoms with E-state index < -0.39 is 0 Å². The molecule has 0 spiro atoms. The van der Waals surface area contributed by atoms with Crippen molar-refractivity contribution in [3.05, 3.63) is 16.6 Å². The predicted octanol–water partition coefficient (Wildman–Crippen LogP) is 2.31. The predicted molar refractivity (Wildman–Crippen MR) is 73.3 cm³/mol. The standard InChI is InChI=1S/C13H23N3S/c1-10(2)11-9-14-5-7-16(11)13(3,4)12-15-6-8-17-12/h6,8,10-11,14H,5,7,9H2,1-4H3. The minimum atomic E-state index is 0.0468. The molecule has 1 aromatic heterocycles. The van der Waals surface area contributed by atoms with Crippen molar-refractivity contribution < 1.29 is 0 Å². The van der Waals surface area contributed by atoms with Crippen molar-refractivity contribution in [2.75, 3.05) is 19.6 Å². The van der Waals surface area contributed by atoms with E-state index in [9.17, 15) is 0 Å². The highest BCUT2D eigenvalue weighted by molar-refractivity contribution is 7.09. The van der Waals surface area contributed by atoms with E-state index in [1.165, 1.54) is 5.01 Å². The Balaban J connectivity index is 2.24. The van der Waals surface area contributed by atoms with Gasteiger partial charge in [-0.1, -0.05) is 13.8 Å². The molecule has 0 radical (unpaired) electrons. The number of hydrogen-bond donors (Lipinski definition) is 1. The fraction of sp³-hybridized carbons (Fsp3) is 0.769. The van der Waals surface area contributed by atoms with Gasteiger partial charge in [0.1, 0.15) is 5.01 Å². The molecule has 2 heterocycles. The van der Waals surface area contributed by atoms with E-state index in [1.807, 2.05) is 6.20 Å². The maximum atomic E-state index is 4.51. The molecule has 1 aliphatic heterocycles. The zero-order valence-corrected chi connectivity index (χ0v) is 12.0. The maximum Gasteiger partial charge on any atom is 0.112 e. The number of aromatic nitrogens is 1. The molecule has 0 aliphatic carbocycles. The molecule has 1 aromatic rings. The van der Waals surface area contributed by atoms with Gasteiger partial charge in [0.15, 0.2) is 0 Å². The topological polar surface area (TPSA) is 28.2 Å². The molecule has 1 unspecified atom stereocenters. The van der Waals surface area contributed by atoms with Crippen LogP contribution in [0.25, 0.3) is 0 Å². The molecule has 1 aliphatic rings. The highest BCUT2D eigenvalue weighted by Crippen LogP contribution is 2.33. The van der Waals surface area contributed by atoms with Crippen LogP contribution >= 0.6 is 11.3 Å². The molecular formula is C13H23N3S. The lowest BCUT2D eigenvalue weighted by atomic mass is 9.93. The van der Waals surface area contributed by atoms with Crippen LogP contribution in [0.1, 0.15) is 32.7 Å². The van der Waals surface area contributed by atoms with E-state index in [1.54, 1.807) is 11.3 Å². The maximum absolute atomic E-state index is 4.51. The van der Waals surface area contributed by atoms with Gasteiger partial charge in [-0.2, -0.15) is 0 Å². The average molecular weight is 253 g/mol. The molecular weight excluding hydrogens is 230 g/mol. The molecule has 0 amide bonds. The van der Waals surface area contributed by atoms with E-state index in [0.717, 1.165) is 19.6 Å². The third-order valence-electron chi connectivity index (χ3n) is 3.73. The van der Waals surface area contributed by atoms with Gasteiger partial charge in [-0.05, 0) is 19.8 Å². The van der Waals surface area contributed by atoms with E-state index in [2.05, 4.69) is 48.3 Å². The molecule has 1 saturated heterocycles. The Kier molecular flexibility index (Phi) is 3.85. The van der Waals surface area contributed by atoms with E-state index >= 15 is 0 Å². The molecule has 1 N–H and O–H groups in total. The molecule has 0 saturated carbocycles. The van der Waals surface area contributed by atoms with Gasteiger partial charge in [-0.25, -0.2) is 4.98 Å². The second-order valence-corrected chi connectivity index (χ2v) is 6.50. The third kappa shape index (κ3) is 2.54. The second kappa shape index (κ2) is 5.04. The monoisotopic (exact) mass is 253 g/mol. The number of piperazine rings is 1. The first-order valence-electron chi connectivity index (χ1n) is 6.41. The lowest BCUT2D eigenvalue weighted by Gasteiger charge is -2.47. The van der Waals surface area contributed by atoms with Crippen LogP contribution in [0, 0.1) is 5.92 Å². The van der Waals surface area contributed by atoms with Crippen molar-refractivity contribution in [1.82, 2.24) is 15.2 Å². The van der Waals surface area contributed by atoms with Gasteiger partial charge in [0.2, 0.25) is 0 Å². The Morgan fingerprint density at radius 3 is 2.88 bits per heavy atom. The van der Waals surface area contributed by atoms with Crippen molar-refractivity contribution in [3.8, 4) is 0 Å². The first-order chi connectivity index (χ1) is 8.03. The smallest absolute Gasteiger partial charge is 0.112 e. The largest absolute Gasteiger partial charge is 0.314 e. The van der Waals surface area contributed by atoms with Gasteiger partial charge in [0.05, 0.1) is 5.54 Å². The molecule has 1 atom stereocenters. The van der Waals surface area contributed by atoms with Crippen LogP contribution in [0.5, 0.6) is 0 Å². The first-order valence-corrected chi connectivity index (χ1v) is 7.29. The molecule has 0 aromatic carbocycles. The van der Waals surface area contributed by atoms with E-state index in [0.29, 0.717) is 12.0 Å². The van der Waals surface area contributed by atoms with Crippen LogP contribution in [-0.2, 0) is 5.54 Å². The van der Waals surface area contributed by atoms with Crippen LogP contribution < -0.4 is 5.32 Å². The molecule has 96 valence electrons. The lowest BCUT2D eigenvalue weighted by Crippen LogP contribution is -2.59. The summed E-state index contributed by atoms with van der Waals surface area (Å²) in [5.74, 6) is 0.669. The van der Waals surface area contributed by atoms with E-state index in [4.69, 9.17) is 0 Å². The van der Waals surface area contributed by atoms with Crippen LogP contribution in [-0.4, -0.2) is 35.6 Å². The Morgan fingerprint density at radius 1 is 1.53 bits per heavy atom. The van der Waals surface area contributed by atoms with Crippen LogP contribution in [0.3, 0.4) is 0 Å². The Labute approximate surface area is 108 Å². The van der Waals surface area contributed by atoms with Crippen molar-refractivity contribution in [2.24, 2.45) is 5.92 Å². The summed E-state index contributed by atoms with van der Waals surface area (Å²) in [7, 11) is 0. The third-order valence-corrected chi connectivity index (χ3v) is 4.81. The molecule has 0 bridgehead atoms. The Morgan fingerprint density at radius 2 is 2.29 bits per heavy atom. The molecule has 1 fully saturated rings. The quantitative estimate of drug-likeness (QED) is 0.896. The minimum absolute atomic E-state index is 0.0468. The molecule has 2 rings (SSSR count). The summed E-state index contributed by atoms with van der Waals surface area (Å²) >= 11 is 1.76. The van der Waals surface area contributed by atoms with Crippen molar-refractivity contribution >= 4 is 11.3 Å². The fourth-order valence-corrected chi connectivity index (χ4v) is 3.44. The zero-order chi connectivity index (χ0) is 12.5. The van der Waals surface area contributed by atoms with Crippen LogP contribution in [0.4, 0.5) is 0 Å². The number of thiazole rings is 1. The molecule has 17 heavy (non-hydrogen) atoms. The number of rotatable bonds is 3. The van der Waals surface area contributed by atoms with Crippen molar-refractivity contribution in [3.63, 3.8) is 0 Å². The van der Waals surface area contributed by atoms with Gasteiger partial charge in [-0.3, -0.25) is 4.90 Å². The van der Waals surface area contributed by atoms with E-state index in [-0.39, 0.29) is 5.54 Å². The minimum Gasteiger partial charge on any atom is -0.314 e. The van der Waals surface area contributed by atoms with Gasteiger partial charge >= 0.3 is 0 Å². The first kappa shape index (κ1) is 13.0. The summed E-state index contributed by atoms with van der Waals surface area (Å²) in [6, 6.07) is 0.600. The molecule has 4 heteroatoms. The van der Waals surface area contributed by atoms with Crippen molar-refractivity contribution in [2.45, 2.75) is 39.3 Å². The summed E-state index contributed by atoms with van der Waals surface area (Å²) in [4.78, 5) is 7.13. The highest BCUT2D eigenvalue weighted by Gasteiger charge is 2.38.